The summed E-state index contributed by atoms with van der Waals surface area (Å²) in [5.41, 5.74) is 3.02. The third-order valence-corrected chi connectivity index (χ3v) is 5.35. The lowest BCUT2D eigenvalue weighted by molar-refractivity contribution is -0.115. The second kappa shape index (κ2) is 8.81. The summed E-state index contributed by atoms with van der Waals surface area (Å²) in [5, 5.41) is 12.7. The van der Waals surface area contributed by atoms with Crippen LogP contribution in [0.2, 0.25) is 0 Å². The summed E-state index contributed by atoms with van der Waals surface area (Å²) in [6.45, 7) is 0. The van der Waals surface area contributed by atoms with Crippen LogP contribution >= 0.6 is 11.8 Å². The molecule has 6 heteroatoms. The monoisotopic (exact) mass is 369 g/mol. The van der Waals surface area contributed by atoms with Crippen LogP contribution in [0.5, 0.6) is 0 Å². The molecule has 1 aromatic heterocycles. The van der Waals surface area contributed by atoms with Gasteiger partial charge in [0.1, 0.15) is 16.9 Å². The third-order valence-electron chi connectivity index (χ3n) is 4.35. The first-order chi connectivity index (χ1) is 12.7. The van der Waals surface area contributed by atoms with Crippen molar-refractivity contribution in [3.63, 3.8) is 0 Å². The maximum Gasteiger partial charge on any atom is 0.225 e. The van der Waals surface area contributed by atoms with E-state index in [1.54, 1.807) is 12.1 Å². The number of pyridine rings is 1. The summed E-state index contributed by atoms with van der Waals surface area (Å²) in [6, 6.07) is 10.3. The zero-order valence-electron chi connectivity index (χ0n) is 14.4. The Bertz CT molecular complexity index is 847. The van der Waals surface area contributed by atoms with E-state index in [9.17, 15) is 14.4 Å². The fraction of sp³-hybridized carbons (Fsp3) is 0.350. The molecule has 0 bridgehead atoms. The van der Waals surface area contributed by atoms with Crippen LogP contribution in [0.25, 0.3) is 0 Å². The second-order valence-corrected chi connectivity index (χ2v) is 7.33. The first kappa shape index (κ1) is 18.4. The molecule has 1 aliphatic rings. The van der Waals surface area contributed by atoms with Crippen LogP contribution in [0.3, 0.4) is 0 Å². The number of nitrogens with zero attached hydrogens (tertiary/aromatic N) is 2. The van der Waals surface area contributed by atoms with Gasteiger partial charge in [-0.05, 0) is 49.4 Å². The van der Waals surface area contributed by atoms with Crippen molar-refractivity contribution in [3.05, 3.63) is 53.0 Å². The standard InChI is InChI=1S/C20H20FN3OS/c21-16-7-4-5-9-18(16)23-19(25)10-11-26-20-15(13-22)12-14-6-2-1-3-8-17(14)24-20/h4-5,7,9,12H,1-3,6,8,10-11H2,(H,23,25). The fourth-order valence-corrected chi connectivity index (χ4v) is 3.91. The number of nitriles is 1. The van der Waals surface area contributed by atoms with E-state index >= 15 is 0 Å². The van der Waals surface area contributed by atoms with E-state index in [1.807, 2.05) is 6.07 Å². The first-order valence-electron chi connectivity index (χ1n) is 8.77. The second-order valence-electron chi connectivity index (χ2n) is 6.25. The minimum absolute atomic E-state index is 0.184. The van der Waals surface area contributed by atoms with Gasteiger partial charge < -0.3 is 5.32 Å². The largest absolute Gasteiger partial charge is 0.324 e. The SMILES string of the molecule is N#Cc1cc2c(nc1SCCC(=O)Nc1ccccc1F)CCCCC2. The molecule has 0 saturated carbocycles. The lowest BCUT2D eigenvalue weighted by Crippen LogP contribution is -2.13. The average Bonchev–Trinajstić information content (AvgIpc) is 2.87. The number of halogens is 1. The highest BCUT2D eigenvalue weighted by molar-refractivity contribution is 7.99. The number of fused-ring (bicyclic) bond motifs is 1. The average molecular weight is 369 g/mol. The Hall–Kier alpha value is -2.39. The van der Waals surface area contributed by atoms with Crippen molar-refractivity contribution in [2.24, 2.45) is 0 Å². The molecule has 0 saturated heterocycles. The van der Waals surface area contributed by atoms with Crippen molar-refractivity contribution < 1.29 is 9.18 Å². The van der Waals surface area contributed by atoms with Gasteiger partial charge in [0.05, 0.1) is 11.3 Å². The maximum absolute atomic E-state index is 13.6. The number of amides is 1. The van der Waals surface area contributed by atoms with Gasteiger partial charge in [-0.2, -0.15) is 5.26 Å². The van der Waals surface area contributed by atoms with Crippen molar-refractivity contribution in [3.8, 4) is 6.07 Å². The van der Waals surface area contributed by atoms with Crippen LogP contribution in [-0.4, -0.2) is 16.6 Å². The Balaban J connectivity index is 1.61. The zero-order chi connectivity index (χ0) is 18.4. The molecule has 0 radical (unpaired) electrons. The predicted molar refractivity (Wildman–Crippen MR) is 101 cm³/mol. The quantitative estimate of drug-likeness (QED) is 0.623. The van der Waals surface area contributed by atoms with E-state index in [-0.39, 0.29) is 18.0 Å². The topological polar surface area (TPSA) is 65.8 Å². The molecule has 134 valence electrons. The van der Waals surface area contributed by atoms with Crippen molar-refractivity contribution in [2.75, 3.05) is 11.1 Å². The van der Waals surface area contributed by atoms with Gasteiger partial charge in [0, 0.05) is 17.9 Å². The van der Waals surface area contributed by atoms with Gasteiger partial charge in [-0.15, -0.1) is 11.8 Å². The molecule has 1 amide bonds. The number of aryl methyl sites for hydroxylation is 2. The fourth-order valence-electron chi connectivity index (χ4n) is 3.00. The van der Waals surface area contributed by atoms with Gasteiger partial charge in [-0.3, -0.25) is 4.79 Å². The zero-order valence-corrected chi connectivity index (χ0v) is 15.2. The number of carbonyl (C=O) groups excluding carboxylic acids is 1. The van der Waals surface area contributed by atoms with E-state index < -0.39 is 5.82 Å². The molecule has 1 heterocycles. The number of aromatic nitrogens is 1. The van der Waals surface area contributed by atoms with Crippen molar-refractivity contribution in [1.29, 1.82) is 5.26 Å². The van der Waals surface area contributed by atoms with Crippen LogP contribution in [0, 0.1) is 17.1 Å². The summed E-state index contributed by atoms with van der Waals surface area (Å²) < 4.78 is 13.6. The van der Waals surface area contributed by atoms with Gasteiger partial charge in [-0.25, -0.2) is 9.37 Å². The maximum atomic E-state index is 13.6. The molecule has 1 N–H and O–H groups in total. The lowest BCUT2D eigenvalue weighted by Gasteiger charge is -2.10. The molecule has 0 aliphatic heterocycles. The number of para-hydroxylation sites is 1. The molecule has 3 rings (SSSR count). The number of anilines is 1. The van der Waals surface area contributed by atoms with Crippen LogP contribution in [0.4, 0.5) is 10.1 Å². The molecule has 26 heavy (non-hydrogen) atoms. The van der Waals surface area contributed by atoms with Crippen LogP contribution < -0.4 is 5.32 Å². The summed E-state index contributed by atoms with van der Waals surface area (Å²) >= 11 is 1.41. The van der Waals surface area contributed by atoms with E-state index in [1.165, 1.54) is 35.9 Å². The first-order valence-corrected chi connectivity index (χ1v) is 9.76. The molecule has 1 aliphatic carbocycles. The Labute approximate surface area is 156 Å². The highest BCUT2D eigenvalue weighted by Crippen LogP contribution is 2.27. The van der Waals surface area contributed by atoms with Gasteiger partial charge in [0.15, 0.2) is 0 Å². The Morgan fingerprint density at radius 2 is 2.08 bits per heavy atom. The molecule has 0 spiro atoms. The summed E-state index contributed by atoms with van der Waals surface area (Å²) in [7, 11) is 0. The van der Waals surface area contributed by atoms with Gasteiger partial charge >= 0.3 is 0 Å². The summed E-state index contributed by atoms with van der Waals surface area (Å²) in [6.07, 6.45) is 5.61. The number of nitrogens with one attached hydrogen (secondary N) is 1. The van der Waals surface area contributed by atoms with Gasteiger partial charge in [0.2, 0.25) is 5.91 Å². The Morgan fingerprint density at radius 1 is 1.27 bits per heavy atom. The molecule has 2 aromatic rings. The Morgan fingerprint density at radius 3 is 2.88 bits per heavy atom. The van der Waals surface area contributed by atoms with E-state index in [2.05, 4.69) is 16.4 Å². The van der Waals surface area contributed by atoms with Crippen molar-refractivity contribution in [2.45, 2.75) is 43.6 Å². The van der Waals surface area contributed by atoms with Crippen LogP contribution in [0.1, 0.15) is 42.5 Å². The molecule has 0 atom stereocenters. The number of benzene rings is 1. The minimum atomic E-state index is -0.451. The van der Waals surface area contributed by atoms with Gasteiger partial charge in [-0.1, -0.05) is 18.6 Å². The van der Waals surface area contributed by atoms with Crippen molar-refractivity contribution in [1.82, 2.24) is 4.98 Å². The highest BCUT2D eigenvalue weighted by atomic mass is 32.2. The predicted octanol–water partition coefficient (Wildman–Crippen LogP) is 4.48. The smallest absolute Gasteiger partial charge is 0.225 e. The highest BCUT2D eigenvalue weighted by Gasteiger charge is 2.15. The number of rotatable bonds is 5. The lowest BCUT2D eigenvalue weighted by atomic mass is 10.1. The summed E-state index contributed by atoms with van der Waals surface area (Å²) in [5.74, 6) is -0.218. The molecular weight excluding hydrogens is 349 g/mol. The molecule has 1 aromatic carbocycles. The number of hydrogen-bond acceptors (Lipinski definition) is 4. The third kappa shape index (κ3) is 4.61. The molecule has 0 unspecified atom stereocenters. The van der Waals surface area contributed by atoms with E-state index in [0.29, 0.717) is 16.3 Å². The minimum Gasteiger partial charge on any atom is -0.324 e. The normalized spacial score (nSPS) is 13.4. The van der Waals surface area contributed by atoms with E-state index in [4.69, 9.17) is 0 Å². The Kier molecular flexibility index (Phi) is 6.24. The van der Waals surface area contributed by atoms with E-state index in [0.717, 1.165) is 31.4 Å². The molecule has 4 nitrogen and oxygen atoms in total. The molecule has 0 fully saturated rings. The van der Waals surface area contributed by atoms with Gasteiger partial charge in [0.25, 0.3) is 0 Å². The van der Waals surface area contributed by atoms with Crippen molar-refractivity contribution >= 4 is 23.4 Å². The number of thioether (sulfide) groups is 1. The van der Waals surface area contributed by atoms with Crippen LogP contribution in [0.15, 0.2) is 35.4 Å². The number of carbonyl (C=O) groups is 1. The summed E-state index contributed by atoms with van der Waals surface area (Å²) in [4.78, 5) is 16.7. The van der Waals surface area contributed by atoms with Crippen LogP contribution in [-0.2, 0) is 17.6 Å². The number of hydrogen-bond donors (Lipinski definition) is 1. The molecular formula is C20H20FN3OS.